The Morgan fingerprint density at radius 1 is 1.35 bits per heavy atom. The maximum absolute atomic E-state index is 5.78. The summed E-state index contributed by atoms with van der Waals surface area (Å²) in [6.07, 6.45) is 2.40. The predicted octanol–water partition coefficient (Wildman–Crippen LogP) is 2.72. The van der Waals surface area contributed by atoms with Gasteiger partial charge in [0.1, 0.15) is 5.75 Å². The lowest BCUT2D eigenvalue weighted by atomic mass is 10.2. The van der Waals surface area contributed by atoms with Gasteiger partial charge in [-0.15, -0.1) is 0 Å². The minimum atomic E-state index is 0.172. The molecule has 146 valence electrons. The van der Waals surface area contributed by atoms with Crippen LogP contribution in [-0.2, 0) is 16.0 Å². The molecular formula is C20H33N3O3. The van der Waals surface area contributed by atoms with Crippen molar-refractivity contribution in [2.45, 2.75) is 52.4 Å². The zero-order chi connectivity index (χ0) is 18.6. The fourth-order valence-corrected chi connectivity index (χ4v) is 2.67. The molecule has 0 amide bonds. The smallest absolute Gasteiger partial charge is 0.191 e. The zero-order valence-electron chi connectivity index (χ0n) is 16.3. The van der Waals surface area contributed by atoms with E-state index in [1.54, 1.807) is 0 Å². The Labute approximate surface area is 157 Å². The largest absolute Gasteiger partial charge is 0.491 e. The molecule has 0 spiro atoms. The van der Waals surface area contributed by atoms with Gasteiger partial charge in [-0.3, -0.25) is 0 Å². The average Bonchev–Trinajstić information content (AvgIpc) is 3.12. The number of benzene rings is 1. The third-order valence-electron chi connectivity index (χ3n) is 3.89. The first kappa shape index (κ1) is 20.5. The van der Waals surface area contributed by atoms with Crippen molar-refractivity contribution in [1.29, 1.82) is 0 Å². The maximum Gasteiger partial charge on any atom is 0.191 e. The van der Waals surface area contributed by atoms with Crippen molar-refractivity contribution >= 4 is 5.96 Å². The van der Waals surface area contributed by atoms with Crippen LogP contribution in [0.25, 0.3) is 0 Å². The van der Waals surface area contributed by atoms with Gasteiger partial charge in [0.25, 0.3) is 0 Å². The Bertz CT molecular complexity index is 543. The molecule has 1 fully saturated rings. The molecule has 1 aliphatic heterocycles. The summed E-state index contributed by atoms with van der Waals surface area (Å²) in [5, 5.41) is 6.64. The molecule has 1 aromatic carbocycles. The number of guanidine groups is 1. The van der Waals surface area contributed by atoms with E-state index in [9.17, 15) is 0 Å². The Balaban J connectivity index is 1.74. The van der Waals surface area contributed by atoms with Crippen LogP contribution >= 0.6 is 0 Å². The van der Waals surface area contributed by atoms with Gasteiger partial charge in [0.2, 0.25) is 0 Å². The van der Waals surface area contributed by atoms with Gasteiger partial charge < -0.3 is 24.8 Å². The maximum atomic E-state index is 5.78. The molecule has 1 aliphatic rings. The van der Waals surface area contributed by atoms with Crippen molar-refractivity contribution in [2.24, 2.45) is 4.99 Å². The molecule has 1 heterocycles. The van der Waals surface area contributed by atoms with Crippen molar-refractivity contribution in [3.05, 3.63) is 29.8 Å². The summed E-state index contributed by atoms with van der Waals surface area (Å²) in [7, 11) is 0. The average molecular weight is 364 g/mol. The summed E-state index contributed by atoms with van der Waals surface area (Å²) in [5.41, 5.74) is 1.13. The lowest BCUT2D eigenvalue weighted by molar-refractivity contribution is 0.0420. The number of hydrogen-bond donors (Lipinski definition) is 2. The molecule has 2 rings (SSSR count). The first-order valence-corrected chi connectivity index (χ1v) is 9.64. The lowest BCUT2D eigenvalue weighted by Gasteiger charge is -2.13. The molecule has 1 saturated heterocycles. The molecule has 0 radical (unpaired) electrons. The molecule has 1 atom stereocenters. The van der Waals surface area contributed by atoms with Crippen LogP contribution in [0.5, 0.6) is 5.75 Å². The van der Waals surface area contributed by atoms with Crippen molar-refractivity contribution in [1.82, 2.24) is 10.6 Å². The van der Waals surface area contributed by atoms with Crippen molar-refractivity contribution in [3.63, 3.8) is 0 Å². The highest BCUT2D eigenvalue weighted by Crippen LogP contribution is 2.15. The second-order valence-electron chi connectivity index (χ2n) is 6.65. The summed E-state index contributed by atoms with van der Waals surface area (Å²) < 4.78 is 16.8. The van der Waals surface area contributed by atoms with Gasteiger partial charge in [0.05, 0.1) is 25.4 Å². The fraction of sp³-hybridized carbons (Fsp3) is 0.650. The van der Waals surface area contributed by atoms with Gasteiger partial charge in [-0.05, 0) is 51.3 Å². The second kappa shape index (κ2) is 11.8. The van der Waals surface area contributed by atoms with E-state index in [1.807, 2.05) is 32.0 Å². The number of aliphatic imine (C=N–C) groups is 1. The fourth-order valence-electron chi connectivity index (χ4n) is 2.67. The molecule has 1 unspecified atom stereocenters. The van der Waals surface area contributed by atoms with E-state index in [1.165, 1.54) is 0 Å². The van der Waals surface area contributed by atoms with Gasteiger partial charge in [-0.1, -0.05) is 12.1 Å². The van der Waals surface area contributed by atoms with Gasteiger partial charge in [-0.25, -0.2) is 4.99 Å². The minimum absolute atomic E-state index is 0.172. The van der Waals surface area contributed by atoms with E-state index in [0.717, 1.165) is 63.0 Å². The van der Waals surface area contributed by atoms with Crippen LogP contribution in [0.4, 0.5) is 0 Å². The molecular weight excluding hydrogens is 330 g/mol. The third-order valence-corrected chi connectivity index (χ3v) is 3.89. The number of hydrogen-bond acceptors (Lipinski definition) is 4. The molecule has 0 bridgehead atoms. The van der Waals surface area contributed by atoms with Gasteiger partial charge in [0, 0.05) is 26.3 Å². The number of nitrogens with one attached hydrogen (secondary N) is 2. The summed E-state index contributed by atoms with van der Waals surface area (Å²) in [5.74, 6) is 1.71. The van der Waals surface area contributed by atoms with Crippen LogP contribution in [0.3, 0.4) is 0 Å². The van der Waals surface area contributed by atoms with Crippen LogP contribution in [0.15, 0.2) is 29.3 Å². The Hall–Kier alpha value is -1.79. The Morgan fingerprint density at radius 3 is 2.96 bits per heavy atom. The quantitative estimate of drug-likeness (QED) is 0.380. The topological polar surface area (TPSA) is 64.1 Å². The monoisotopic (exact) mass is 363 g/mol. The highest BCUT2D eigenvalue weighted by molar-refractivity contribution is 5.79. The second-order valence-corrected chi connectivity index (χ2v) is 6.65. The van der Waals surface area contributed by atoms with Gasteiger partial charge >= 0.3 is 0 Å². The summed E-state index contributed by atoms with van der Waals surface area (Å²) in [4.78, 5) is 4.66. The summed E-state index contributed by atoms with van der Waals surface area (Å²) >= 11 is 0. The molecule has 0 aliphatic carbocycles. The standard InChI is InChI=1S/C20H33N3O3/c1-4-21-20(22-10-6-11-25-19-9-12-24-15-19)23-14-17-7-5-8-18(13-17)26-16(2)3/h5,7-8,13,16,19H,4,6,9-12,14-15H2,1-3H3,(H2,21,22,23). The Morgan fingerprint density at radius 2 is 2.23 bits per heavy atom. The highest BCUT2D eigenvalue weighted by atomic mass is 16.5. The van der Waals surface area contributed by atoms with E-state index >= 15 is 0 Å². The van der Waals surface area contributed by atoms with Crippen LogP contribution < -0.4 is 15.4 Å². The summed E-state index contributed by atoms with van der Waals surface area (Å²) in [6, 6.07) is 8.10. The zero-order valence-corrected chi connectivity index (χ0v) is 16.3. The van der Waals surface area contributed by atoms with Gasteiger partial charge in [0.15, 0.2) is 5.96 Å². The van der Waals surface area contributed by atoms with E-state index < -0.39 is 0 Å². The number of ether oxygens (including phenoxy) is 3. The first-order chi connectivity index (χ1) is 12.7. The molecule has 6 nitrogen and oxygen atoms in total. The van der Waals surface area contributed by atoms with Crippen LogP contribution in [-0.4, -0.2) is 51.1 Å². The highest BCUT2D eigenvalue weighted by Gasteiger charge is 2.15. The van der Waals surface area contributed by atoms with Crippen molar-refractivity contribution in [3.8, 4) is 5.75 Å². The van der Waals surface area contributed by atoms with Gasteiger partial charge in [-0.2, -0.15) is 0 Å². The Kier molecular flexibility index (Phi) is 9.28. The predicted molar refractivity (Wildman–Crippen MR) is 105 cm³/mol. The van der Waals surface area contributed by atoms with Crippen LogP contribution in [0, 0.1) is 0 Å². The lowest BCUT2D eigenvalue weighted by Crippen LogP contribution is -2.38. The van der Waals surface area contributed by atoms with Crippen molar-refractivity contribution in [2.75, 3.05) is 32.9 Å². The van der Waals surface area contributed by atoms with Crippen LogP contribution in [0.2, 0.25) is 0 Å². The molecule has 2 N–H and O–H groups in total. The van der Waals surface area contributed by atoms with E-state index in [4.69, 9.17) is 14.2 Å². The normalized spacial score (nSPS) is 17.5. The van der Waals surface area contributed by atoms with E-state index in [-0.39, 0.29) is 12.2 Å². The number of nitrogens with zero attached hydrogens (tertiary/aromatic N) is 1. The third kappa shape index (κ3) is 8.06. The molecule has 0 aromatic heterocycles. The summed E-state index contributed by atoms with van der Waals surface area (Å²) in [6.45, 7) is 10.7. The first-order valence-electron chi connectivity index (χ1n) is 9.64. The molecule has 26 heavy (non-hydrogen) atoms. The van der Waals surface area contributed by atoms with E-state index in [2.05, 4.69) is 28.6 Å². The van der Waals surface area contributed by atoms with Crippen molar-refractivity contribution < 1.29 is 14.2 Å². The molecule has 6 heteroatoms. The SMILES string of the molecule is CCNC(=NCc1cccc(OC(C)C)c1)NCCCOC1CCOC1. The number of rotatable bonds is 10. The van der Waals surface area contributed by atoms with E-state index in [0.29, 0.717) is 6.54 Å². The minimum Gasteiger partial charge on any atom is -0.491 e. The molecule has 0 saturated carbocycles. The van der Waals surface area contributed by atoms with Crippen LogP contribution in [0.1, 0.15) is 39.2 Å². The molecule has 1 aromatic rings.